The number of benzene rings is 1. The Labute approximate surface area is 140 Å². The molecule has 2 aliphatic heterocycles. The van der Waals surface area contributed by atoms with E-state index in [-0.39, 0.29) is 18.2 Å². The van der Waals surface area contributed by atoms with Crippen LogP contribution in [0.2, 0.25) is 0 Å². The quantitative estimate of drug-likeness (QED) is 0.413. The van der Waals surface area contributed by atoms with Crippen LogP contribution < -0.4 is 16.8 Å². The lowest BCUT2D eigenvalue weighted by Gasteiger charge is -2.42. The maximum atomic E-state index is 12.9. The normalized spacial score (nSPS) is 23.4. The van der Waals surface area contributed by atoms with E-state index in [1.54, 1.807) is 23.1 Å². The molecule has 128 valence electrons. The lowest BCUT2D eigenvalue weighted by molar-refractivity contribution is -0.143. The number of nitrogens with two attached hydrogens (primary N) is 2. The first-order valence-corrected chi connectivity index (χ1v) is 8.23. The minimum atomic E-state index is -1.01. The molecule has 1 saturated heterocycles. The molecular weight excluding hydrogens is 308 g/mol. The van der Waals surface area contributed by atoms with Gasteiger partial charge in [-0.25, -0.2) is 0 Å². The molecule has 3 rings (SSSR count). The summed E-state index contributed by atoms with van der Waals surface area (Å²) in [6, 6.07) is 5.22. The van der Waals surface area contributed by atoms with Crippen LogP contribution >= 0.6 is 0 Å². The molecule has 1 aromatic rings. The summed E-state index contributed by atoms with van der Waals surface area (Å²) in [5.74, 6) is -0.886. The highest BCUT2D eigenvalue weighted by molar-refractivity contribution is 6.08. The zero-order valence-corrected chi connectivity index (χ0v) is 13.5. The van der Waals surface area contributed by atoms with E-state index in [0.29, 0.717) is 43.6 Å². The van der Waals surface area contributed by atoms with E-state index in [0.717, 1.165) is 12.0 Å². The SMILES string of the molecule is NCCCCC1(N2Cc3c(N)cccc3C2=O)CCC(=O)NC1=O. The number of anilines is 1. The first-order chi connectivity index (χ1) is 11.5. The number of unbranched alkanes of at least 4 members (excludes halogenated alkanes) is 1. The summed E-state index contributed by atoms with van der Waals surface area (Å²) >= 11 is 0. The Bertz CT molecular complexity index is 703. The second kappa shape index (κ2) is 6.24. The number of nitrogens with one attached hydrogen (secondary N) is 1. The number of nitrogen functional groups attached to an aromatic ring is 1. The predicted octanol–water partition coefficient (Wildman–Crippen LogP) is 0.529. The van der Waals surface area contributed by atoms with Crippen molar-refractivity contribution in [2.24, 2.45) is 5.73 Å². The summed E-state index contributed by atoms with van der Waals surface area (Å²) in [6.45, 7) is 0.822. The second-order valence-corrected chi connectivity index (χ2v) is 6.42. The number of carbonyl (C=O) groups excluding carboxylic acids is 3. The Kier molecular flexibility index (Phi) is 4.28. The van der Waals surface area contributed by atoms with E-state index in [1.165, 1.54) is 0 Å². The van der Waals surface area contributed by atoms with Gasteiger partial charge in [-0.15, -0.1) is 0 Å². The van der Waals surface area contributed by atoms with Gasteiger partial charge in [-0.1, -0.05) is 6.07 Å². The molecule has 24 heavy (non-hydrogen) atoms. The van der Waals surface area contributed by atoms with E-state index in [1.807, 2.05) is 0 Å². The number of fused-ring (bicyclic) bond motifs is 1. The smallest absolute Gasteiger partial charge is 0.255 e. The average molecular weight is 330 g/mol. The minimum Gasteiger partial charge on any atom is -0.398 e. The molecule has 1 fully saturated rings. The van der Waals surface area contributed by atoms with Crippen molar-refractivity contribution in [3.63, 3.8) is 0 Å². The zero-order chi connectivity index (χ0) is 17.3. The molecule has 1 atom stereocenters. The van der Waals surface area contributed by atoms with Crippen molar-refractivity contribution in [1.29, 1.82) is 0 Å². The van der Waals surface area contributed by atoms with Crippen LogP contribution in [0.1, 0.15) is 48.0 Å². The molecule has 0 radical (unpaired) electrons. The number of rotatable bonds is 5. The number of carbonyl (C=O) groups is 3. The van der Waals surface area contributed by atoms with Gasteiger partial charge in [0, 0.05) is 29.8 Å². The van der Waals surface area contributed by atoms with Crippen LogP contribution in [0.5, 0.6) is 0 Å². The van der Waals surface area contributed by atoms with E-state index in [9.17, 15) is 14.4 Å². The largest absolute Gasteiger partial charge is 0.398 e. The van der Waals surface area contributed by atoms with Crippen molar-refractivity contribution >= 4 is 23.4 Å². The highest BCUT2D eigenvalue weighted by Gasteiger charge is 2.51. The van der Waals surface area contributed by atoms with Crippen molar-refractivity contribution in [3.05, 3.63) is 29.3 Å². The first kappa shape index (κ1) is 16.4. The average Bonchev–Trinajstić information content (AvgIpc) is 2.89. The molecule has 0 aromatic heterocycles. The molecule has 7 heteroatoms. The Balaban J connectivity index is 1.95. The summed E-state index contributed by atoms with van der Waals surface area (Å²) in [6.07, 6.45) is 2.53. The van der Waals surface area contributed by atoms with Gasteiger partial charge in [0.05, 0.1) is 0 Å². The van der Waals surface area contributed by atoms with Crippen LogP contribution in [0, 0.1) is 0 Å². The fourth-order valence-corrected chi connectivity index (χ4v) is 3.63. The Morgan fingerprint density at radius 2 is 2.00 bits per heavy atom. The molecule has 0 aliphatic carbocycles. The van der Waals surface area contributed by atoms with E-state index >= 15 is 0 Å². The lowest BCUT2D eigenvalue weighted by atomic mass is 9.82. The lowest BCUT2D eigenvalue weighted by Crippen LogP contribution is -2.63. The van der Waals surface area contributed by atoms with Gasteiger partial charge in [-0.2, -0.15) is 0 Å². The third-order valence-corrected chi connectivity index (χ3v) is 5.01. The van der Waals surface area contributed by atoms with E-state index < -0.39 is 11.4 Å². The molecular formula is C17H22N4O3. The Morgan fingerprint density at radius 1 is 1.21 bits per heavy atom. The van der Waals surface area contributed by atoms with Gasteiger partial charge in [0.15, 0.2) is 0 Å². The van der Waals surface area contributed by atoms with Gasteiger partial charge >= 0.3 is 0 Å². The van der Waals surface area contributed by atoms with Crippen molar-refractivity contribution in [2.75, 3.05) is 12.3 Å². The number of amides is 3. The molecule has 0 saturated carbocycles. The fourth-order valence-electron chi connectivity index (χ4n) is 3.63. The molecule has 1 aromatic carbocycles. The first-order valence-electron chi connectivity index (χ1n) is 8.23. The van der Waals surface area contributed by atoms with Gasteiger partial charge in [0.25, 0.3) is 11.8 Å². The van der Waals surface area contributed by atoms with Crippen molar-refractivity contribution in [1.82, 2.24) is 10.2 Å². The van der Waals surface area contributed by atoms with Crippen LogP contribution in [0.4, 0.5) is 5.69 Å². The maximum Gasteiger partial charge on any atom is 0.255 e. The number of piperidine rings is 1. The summed E-state index contributed by atoms with van der Waals surface area (Å²) in [4.78, 5) is 38.8. The fraction of sp³-hybridized carbons (Fsp3) is 0.471. The predicted molar refractivity (Wildman–Crippen MR) is 88.7 cm³/mol. The number of hydrogen-bond acceptors (Lipinski definition) is 5. The molecule has 2 aliphatic rings. The van der Waals surface area contributed by atoms with E-state index in [2.05, 4.69) is 5.32 Å². The topological polar surface area (TPSA) is 119 Å². The molecule has 0 spiro atoms. The van der Waals surface area contributed by atoms with Crippen LogP contribution in [0.25, 0.3) is 0 Å². The number of nitrogens with zero attached hydrogens (tertiary/aromatic N) is 1. The summed E-state index contributed by atoms with van der Waals surface area (Å²) in [5.41, 5.74) is 12.4. The Morgan fingerprint density at radius 3 is 2.67 bits per heavy atom. The van der Waals surface area contributed by atoms with Gasteiger partial charge in [-0.3, -0.25) is 19.7 Å². The highest BCUT2D eigenvalue weighted by atomic mass is 16.2. The molecule has 0 bridgehead atoms. The standard InChI is InChI=1S/C17H22N4O3/c18-9-2-1-7-17(8-6-14(22)20-16(17)24)21-10-12-11(15(21)23)4-3-5-13(12)19/h3-5H,1-2,6-10,18-19H2,(H,20,22,24). The summed E-state index contributed by atoms with van der Waals surface area (Å²) in [7, 11) is 0. The van der Waals surface area contributed by atoms with Crippen LogP contribution in [0.15, 0.2) is 18.2 Å². The number of imide groups is 1. The molecule has 5 N–H and O–H groups in total. The van der Waals surface area contributed by atoms with Crippen LogP contribution in [-0.4, -0.2) is 34.7 Å². The van der Waals surface area contributed by atoms with Crippen LogP contribution in [-0.2, 0) is 16.1 Å². The van der Waals surface area contributed by atoms with Crippen LogP contribution in [0.3, 0.4) is 0 Å². The molecule has 1 unspecified atom stereocenters. The summed E-state index contributed by atoms with van der Waals surface area (Å²) < 4.78 is 0. The summed E-state index contributed by atoms with van der Waals surface area (Å²) in [5, 5.41) is 2.40. The molecule has 2 heterocycles. The highest BCUT2D eigenvalue weighted by Crippen LogP contribution is 2.39. The van der Waals surface area contributed by atoms with Crippen molar-refractivity contribution < 1.29 is 14.4 Å². The van der Waals surface area contributed by atoms with Gasteiger partial charge in [-0.05, 0) is 44.4 Å². The minimum absolute atomic E-state index is 0.199. The zero-order valence-electron chi connectivity index (χ0n) is 13.5. The van der Waals surface area contributed by atoms with Crippen molar-refractivity contribution in [3.8, 4) is 0 Å². The Hall–Kier alpha value is -2.41. The second-order valence-electron chi connectivity index (χ2n) is 6.42. The van der Waals surface area contributed by atoms with Gasteiger partial charge in [0.2, 0.25) is 5.91 Å². The van der Waals surface area contributed by atoms with Gasteiger partial charge < -0.3 is 16.4 Å². The third kappa shape index (κ3) is 2.54. The number of hydrogen-bond donors (Lipinski definition) is 3. The van der Waals surface area contributed by atoms with Crippen molar-refractivity contribution in [2.45, 2.75) is 44.2 Å². The van der Waals surface area contributed by atoms with E-state index in [4.69, 9.17) is 11.5 Å². The molecule has 3 amide bonds. The monoisotopic (exact) mass is 330 g/mol. The third-order valence-electron chi connectivity index (χ3n) is 5.01. The molecule has 7 nitrogen and oxygen atoms in total. The maximum absolute atomic E-state index is 12.9. The van der Waals surface area contributed by atoms with Gasteiger partial charge in [0.1, 0.15) is 5.54 Å².